The van der Waals surface area contributed by atoms with Gasteiger partial charge in [0.05, 0.1) is 7.11 Å². The molecule has 0 fully saturated rings. The van der Waals surface area contributed by atoms with Crippen molar-refractivity contribution < 1.29 is 19.1 Å². The van der Waals surface area contributed by atoms with Crippen LogP contribution < -0.4 is 25.6 Å². The molecule has 0 spiro atoms. The number of benzene rings is 2. The third-order valence-corrected chi connectivity index (χ3v) is 4.29. The molecule has 0 bridgehead atoms. The van der Waals surface area contributed by atoms with Crippen LogP contribution in [0.3, 0.4) is 0 Å². The molecule has 0 aliphatic heterocycles. The van der Waals surface area contributed by atoms with Gasteiger partial charge in [0, 0.05) is 10.5 Å². The summed E-state index contributed by atoms with van der Waals surface area (Å²) in [4.78, 5) is 23.7. The SMILES string of the molecule is COc1ccc(/C=C/C(=O)NC(=S)NNC(=O)COc2ccc(Br)cc2C)cc1. The van der Waals surface area contributed by atoms with Crippen LogP contribution >= 0.6 is 28.1 Å². The molecule has 0 unspecified atom stereocenters. The minimum Gasteiger partial charge on any atom is -0.497 e. The minimum absolute atomic E-state index is 0.0393. The van der Waals surface area contributed by atoms with Crippen LogP contribution in [0.4, 0.5) is 0 Å². The fourth-order valence-electron chi connectivity index (χ4n) is 2.15. The Bertz CT molecular complexity index is 916. The minimum atomic E-state index is -0.447. The Labute approximate surface area is 182 Å². The molecule has 0 aliphatic rings. The lowest BCUT2D eigenvalue weighted by atomic mass is 10.2. The number of hydrazine groups is 1. The van der Waals surface area contributed by atoms with Crippen LogP contribution in [-0.4, -0.2) is 30.6 Å². The molecule has 9 heteroatoms. The maximum Gasteiger partial charge on any atom is 0.276 e. The number of hydrogen-bond donors (Lipinski definition) is 3. The lowest BCUT2D eigenvalue weighted by molar-refractivity contribution is -0.123. The van der Waals surface area contributed by atoms with Gasteiger partial charge in [0.25, 0.3) is 5.91 Å². The summed E-state index contributed by atoms with van der Waals surface area (Å²) in [5.74, 6) is 0.446. The van der Waals surface area contributed by atoms with Crippen molar-refractivity contribution in [2.45, 2.75) is 6.92 Å². The van der Waals surface area contributed by atoms with Gasteiger partial charge in [-0.15, -0.1) is 0 Å². The van der Waals surface area contributed by atoms with Gasteiger partial charge in [0.1, 0.15) is 11.5 Å². The monoisotopic (exact) mass is 477 g/mol. The number of thiocarbonyl (C=S) groups is 1. The van der Waals surface area contributed by atoms with Crippen molar-refractivity contribution in [3.63, 3.8) is 0 Å². The first-order chi connectivity index (χ1) is 13.9. The Hall–Kier alpha value is -2.91. The van der Waals surface area contributed by atoms with E-state index in [2.05, 4.69) is 32.1 Å². The van der Waals surface area contributed by atoms with Gasteiger partial charge in [-0.25, -0.2) is 0 Å². The maximum atomic E-state index is 11.9. The zero-order valence-corrected chi connectivity index (χ0v) is 18.2. The van der Waals surface area contributed by atoms with Crippen LogP contribution in [0, 0.1) is 6.92 Å². The van der Waals surface area contributed by atoms with Gasteiger partial charge in [0.15, 0.2) is 11.7 Å². The van der Waals surface area contributed by atoms with Gasteiger partial charge in [0.2, 0.25) is 5.91 Å². The van der Waals surface area contributed by atoms with Gasteiger partial charge in [-0.2, -0.15) is 0 Å². The highest BCUT2D eigenvalue weighted by Gasteiger charge is 2.07. The van der Waals surface area contributed by atoms with Gasteiger partial charge >= 0.3 is 0 Å². The predicted molar refractivity (Wildman–Crippen MR) is 118 cm³/mol. The summed E-state index contributed by atoms with van der Waals surface area (Å²) in [6.07, 6.45) is 2.96. The normalized spacial score (nSPS) is 10.3. The number of halogens is 1. The number of amides is 2. The second-order valence-corrected chi connectivity index (χ2v) is 7.12. The van der Waals surface area contributed by atoms with E-state index in [1.165, 1.54) is 6.08 Å². The standard InChI is InChI=1S/C20H20BrN3O4S/c1-13-11-15(21)6-9-17(13)28-12-19(26)23-24-20(29)22-18(25)10-5-14-3-7-16(27-2)8-4-14/h3-11H,12H2,1-2H3,(H,23,26)(H2,22,24,25,29)/b10-5+. The molecule has 7 nitrogen and oxygen atoms in total. The Balaban J connectivity index is 1.71. The molecular formula is C20H20BrN3O4S. The summed E-state index contributed by atoms with van der Waals surface area (Å²) in [6.45, 7) is 1.67. The van der Waals surface area contributed by atoms with Crippen LogP contribution in [0.25, 0.3) is 6.08 Å². The fraction of sp³-hybridized carbons (Fsp3) is 0.150. The summed E-state index contributed by atoms with van der Waals surface area (Å²) in [5, 5.41) is 2.39. The highest BCUT2D eigenvalue weighted by atomic mass is 79.9. The molecule has 0 atom stereocenters. The van der Waals surface area contributed by atoms with Crippen molar-refractivity contribution in [2.75, 3.05) is 13.7 Å². The molecule has 2 aromatic rings. The zero-order chi connectivity index (χ0) is 21.2. The van der Waals surface area contributed by atoms with E-state index in [0.29, 0.717) is 5.75 Å². The summed E-state index contributed by atoms with van der Waals surface area (Å²) >= 11 is 8.33. The number of hydrogen-bond acceptors (Lipinski definition) is 5. The second-order valence-electron chi connectivity index (χ2n) is 5.80. The van der Waals surface area contributed by atoms with Gasteiger partial charge < -0.3 is 9.47 Å². The molecule has 3 N–H and O–H groups in total. The molecule has 0 saturated carbocycles. The number of methoxy groups -OCH3 is 1. The van der Waals surface area contributed by atoms with Crippen molar-refractivity contribution >= 4 is 51.2 Å². The number of aryl methyl sites for hydroxylation is 1. The average molecular weight is 478 g/mol. The number of ether oxygens (including phenoxy) is 2. The number of nitrogens with one attached hydrogen (secondary N) is 3. The van der Waals surface area contributed by atoms with Crippen LogP contribution in [0.1, 0.15) is 11.1 Å². The molecule has 0 radical (unpaired) electrons. The van der Waals surface area contributed by atoms with Crippen molar-refractivity contribution in [1.29, 1.82) is 0 Å². The van der Waals surface area contributed by atoms with Crippen molar-refractivity contribution in [2.24, 2.45) is 0 Å². The molecule has 2 amide bonds. The Morgan fingerprint density at radius 2 is 1.86 bits per heavy atom. The van der Waals surface area contributed by atoms with E-state index in [0.717, 1.165) is 21.3 Å². The van der Waals surface area contributed by atoms with E-state index >= 15 is 0 Å². The first kappa shape index (κ1) is 22.4. The van der Waals surface area contributed by atoms with E-state index < -0.39 is 11.8 Å². The molecule has 2 aromatic carbocycles. The van der Waals surface area contributed by atoms with Gasteiger partial charge in [-0.05, 0) is 66.7 Å². The smallest absolute Gasteiger partial charge is 0.276 e. The van der Waals surface area contributed by atoms with E-state index in [1.807, 2.05) is 31.2 Å². The van der Waals surface area contributed by atoms with Crippen LogP contribution in [0.5, 0.6) is 11.5 Å². The van der Waals surface area contributed by atoms with Crippen LogP contribution in [-0.2, 0) is 9.59 Å². The molecule has 29 heavy (non-hydrogen) atoms. The number of rotatable bonds is 6. The van der Waals surface area contributed by atoms with E-state index in [4.69, 9.17) is 21.7 Å². The molecule has 0 heterocycles. The largest absolute Gasteiger partial charge is 0.497 e. The van der Waals surface area contributed by atoms with Crippen LogP contribution in [0.2, 0.25) is 0 Å². The quantitative estimate of drug-likeness (QED) is 0.336. The van der Waals surface area contributed by atoms with Crippen molar-refractivity contribution in [3.8, 4) is 11.5 Å². The van der Waals surface area contributed by atoms with Crippen molar-refractivity contribution in [1.82, 2.24) is 16.2 Å². The summed E-state index contributed by atoms with van der Waals surface area (Å²) in [5.41, 5.74) is 6.53. The Morgan fingerprint density at radius 1 is 1.14 bits per heavy atom. The lowest BCUT2D eigenvalue weighted by Crippen LogP contribution is -2.49. The third-order valence-electron chi connectivity index (χ3n) is 3.59. The molecule has 2 rings (SSSR count). The molecular weight excluding hydrogens is 458 g/mol. The topological polar surface area (TPSA) is 88.7 Å². The Morgan fingerprint density at radius 3 is 2.52 bits per heavy atom. The lowest BCUT2D eigenvalue weighted by Gasteiger charge is -2.11. The molecule has 152 valence electrons. The molecule has 0 aromatic heterocycles. The summed E-state index contributed by atoms with van der Waals surface area (Å²) in [6, 6.07) is 12.7. The maximum absolute atomic E-state index is 11.9. The first-order valence-corrected chi connectivity index (χ1v) is 9.68. The van der Waals surface area contributed by atoms with Gasteiger partial charge in [-0.3, -0.25) is 25.8 Å². The highest BCUT2D eigenvalue weighted by Crippen LogP contribution is 2.21. The molecule has 0 aliphatic carbocycles. The Kier molecular flexibility index (Phi) is 8.63. The van der Waals surface area contributed by atoms with E-state index in [1.54, 1.807) is 31.4 Å². The van der Waals surface area contributed by atoms with E-state index in [9.17, 15) is 9.59 Å². The first-order valence-electron chi connectivity index (χ1n) is 8.48. The summed E-state index contributed by atoms with van der Waals surface area (Å²) in [7, 11) is 1.58. The van der Waals surface area contributed by atoms with Crippen LogP contribution in [0.15, 0.2) is 53.0 Å². The molecule has 0 saturated heterocycles. The highest BCUT2D eigenvalue weighted by molar-refractivity contribution is 9.10. The third kappa shape index (κ3) is 7.92. The van der Waals surface area contributed by atoms with E-state index in [-0.39, 0.29) is 11.7 Å². The van der Waals surface area contributed by atoms with Gasteiger partial charge in [-0.1, -0.05) is 28.1 Å². The summed E-state index contributed by atoms with van der Waals surface area (Å²) < 4.78 is 11.4. The number of carbonyl (C=O) groups excluding carboxylic acids is 2. The fourth-order valence-corrected chi connectivity index (χ4v) is 2.78. The second kappa shape index (κ2) is 11.2. The zero-order valence-electron chi connectivity index (χ0n) is 15.8. The predicted octanol–water partition coefficient (Wildman–Crippen LogP) is 2.88. The average Bonchev–Trinajstić information content (AvgIpc) is 2.70. The van der Waals surface area contributed by atoms with Crippen molar-refractivity contribution in [3.05, 3.63) is 64.1 Å². The number of carbonyl (C=O) groups is 2.